The van der Waals surface area contributed by atoms with Crippen molar-refractivity contribution in [2.24, 2.45) is 0 Å². The van der Waals surface area contributed by atoms with E-state index in [9.17, 15) is 8.42 Å². The minimum atomic E-state index is -2.83. The minimum Gasteiger partial charge on any atom is -0.493 e. The van der Waals surface area contributed by atoms with Crippen LogP contribution in [0.15, 0.2) is 12.1 Å². The second kappa shape index (κ2) is 5.23. The fraction of sp³-hybridized carbons (Fsp3) is 0.222. The molecule has 0 radical (unpaired) electrons. The van der Waals surface area contributed by atoms with Gasteiger partial charge in [-0.3, -0.25) is 4.72 Å². The highest BCUT2D eigenvalue weighted by molar-refractivity contribution is 7.73. The first-order valence-electron chi connectivity index (χ1n) is 4.19. The summed E-state index contributed by atoms with van der Waals surface area (Å²) < 4.78 is 33.2. The molecule has 1 rings (SSSR count). The maximum atomic E-state index is 10.5. The Balaban J connectivity index is 3.32. The summed E-state index contributed by atoms with van der Waals surface area (Å²) in [6, 6.07) is 4.66. The van der Waals surface area contributed by atoms with Crippen LogP contribution in [0.3, 0.4) is 0 Å². The fourth-order valence-corrected chi connectivity index (χ4v) is 1.54. The molecule has 1 aromatic carbocycles. The molecule has 0 amide bonds. The molecule has 0 heterocycles. The molecule has 7 heteroatoms. The summed E-state index contributed by atoms with van der Waals surface area (Å²) in [7, 11) is 0.0248. The average Bonchev–Trinajstić information content (AvgIpc) is 2.27. The third kappa shape index (κ3) is 2.55. The minimum absolute atomic E-state index is 0.163. The van der Waals surface area contributed by atoms with Crippen molar-refractivity contribution in [1.82, 2.24) is 0 Å². The lowest BCUT2D eigenvalue weighted by Gasteiger charge is -2.10. The number of hydrogen-bond acceptors (Lipinski definition) is 5. The van der Waals surface area contributed by atoms with Crippen molar-refractivity contribution in [2.45, 2.75) is 0 Å². The van der Waals surface area contributed by atoms with Crippen molar-refractivity contribution in [3.63, 3.8) is 0 Å². The largest absolute Gasteiger partial charge is 0.493 e. The van der Waals surface area contributed by atoms with Gasteiger partial charge in [0.25, 0.3) is 0 Å². The van der Waals surface area contributed by atoms with Crippen LogP contribution < -0.4 is 14.2 Å². The lowest BCUT2D eigenvalue weighted by Crippen LogP contribution is -2.00. The molecule has 0 bridgehead atoms. The molecule has 1 aromatic rings. The lowest BCUT2D eigenvalue weighted by molar-refractivity contribution is 0.355. The standard InChI is InChI=1S/C9H10N2O4S/c1-14-8-3-6(5-10)7(11-16(12)13)4-9(8)15-2/h3-4,16H,1-2H3,(H,11,12,13). The quantitative estimate of drug-likeness (QED) is 0.751. The summed E-state index contributed by atoms with van der Waals surface area (Å²) in [5.74, 6) is 0.714. The van der Waals surface area contributed by atoms with Crippen molar-refractivity contribution in [3.05, 3.63) is 17.7 Å². The summed E-state index contributed by atoms with van der Waals surface area (Å²) in [5, 5.41) is 8.83. The van der Waals surface area contributed by atoms with Crippen LogP contribution in [-0.4, -0.2) is 22.6 Å². The van der Waals surface area contributed by atoms with Gasteiger partial charge in [-0.25, -0.2) is 8.42 Å². The molecule has 0 unspecified atom stereocenters. The Morgan fingerprint density at radius 3 is 2.25 bits per heavy atom. The summed E-state index contributed by atoms with van der Waals surface area (Å²) in [6.07, 6.45) is 0. The Labute approximate surface area is 94.5 Å². The normalized spacial score (nSPS) is 9.62. The molecule has 6 nitrogen and oxygen atoms in total. The van der Waals surface area contributed by atoms with Gasteiger partial charge >= 0.3 is 0 Å². The number of rotatable bonds is 4. The number of nitrogens with zero attached hydrogens (tertiary/aromatic N) is 1. The van der Waals surface area contributed by atoms with Gasteiger partial charge in [0.1, 0.15) is 6.07 Å². The maximum absolute atomic E-state index is 10.5. The van der Waals surface area contributed by atoms with E-state index in [4.69, 9.17) is 14.7 Å². The van der Waals surface area contributed by atoms with Gasteiger partial charge < -0.3 is 9.47 Å². The van der Waals surface area contributed by atoms with Crippen LogP contribution in [0.1, 0.15) is 5.56 Å². The van der Waals surface area contributed by atoms with E-state index < -0.39 is 10.9 Å². The Morgan fingerprint density at radius 2 is 1.81 bits per heavy atom. The summed E-state index contributed by atoms with van der Waals surface area (Å²) >= 11 is 0. The van der Waals surface area contributed by atoms with Crippen LogP contribution in [0.25, 0.3) is 0 Å². The Kier molecular flexibility index (Phi) is 3.96. The van der Waals surface area contributed by atoms with E-state index in [1.807, 2.05) is 6.07 Å². The van der Waals surface area contributed by atoms with Gasteiger partial charge in [0.2, 0.25) is 10.9 Å². The molecule has 1 N–H and O–H groups in total. The van der Waals surface area contributed by atoms with E-state index in [0.29, 0.717) is 11.5 Å². The van der Waals surface area contributed by atoms with Gasteiger partial charge in [-0.05, 0) is 0 Å². The van der Waals surface area contributed by atoms with E-state index in [-0.39, 0.29) is 11.3 Å². The van der Waals surface area contributed by atoms with Gasteiger partial charge in [-0.1, -0.05) is 0 Å². The molecular formula is C9H10N2O4S. The molecular weight excluding hydrogens is 232 g/mol. The summed E-state index contributed by atoms with van der Waals surface area (Å²) in [6.45, 7) is 0. The smallest absolute Gasteiger partial charge is 0.222 e. The third-order valence-electron chi connectivity index (χ3n) is 1.86. The molecule has 0 aliphatic heterocycles. The fourth-order valence-electron chi connectivity index (χ4n) is 1.16. The molecule has 0 spiro atoms. The van der Waals surface area contributed by atoms with Crippen molar-refractivity contribution in [1.29, 1.82) is 5.26 Å². The average molecular weight is 242 g/mol. The van der Waals surface area contributed by atoms with E-state index in [1.165, 1.54) is 26.4 Å². The van der Waals surface area contributed by atoms with E-state index in [1.54, 1.807) is 0 Å². The second-order valence-electron chi connectivity index (χ2n) is 2.73. The number of thiol groups is 1. The maximum Gasteiger partial charge on any atom is 0.222 e. The number of methoxy groups -OCH3 is 2. The van der Waals surface area contributed by atoms with Crippen LogP contribution in [0.4, 0.5) is 5.69 Å². The predicted octanol–water partition coefficient (Wildman–Crippen LogP) is 0.514. The van der Waals surface area contributed by atoms with Crippen LogP contribution in [0.2, 0.25) is 0 Å². The number of ether oxygens (including phenoxy) is 2. The zero-order chi connectivity index (χ0) is 12.1. The number of benzene rings is 1. The van der Waals surface area contributed by atoms with Crippen LogP contribution in [0.5, 0.6) is 11.5 Å². The van der Waals surface area contributed by atoms with Crippen LogP contribution in [-0.2, 0) is 10.9 Å². The first-order valence-corrected chi connectivity index (χ1v) is 5.37. The molecule has 0 fully saturated rings. The van der Waals surface area contributed by atoms with Gasteiger partial charge in [0.05, 0.1) is 25.5 Å². The van der Waals surface area contributed by atoms with Crippen molar-refractivity contribution in [3.8, 4) is 17.6 Å². The summed E-state index contributed by atoms with van der Waals surface area (Å²) in [4.78, 5) is 0. The molecule has 0 aliphatic rings. The summed E-state index contributed by atoms with van der Waals surface area (Å²) in [5.41, 5.74) is 0.327. The monoisotopic (exact) mass is 242 g/mol. The Bertz CT molecular complexity index is 497. The molecule has 0 atom stereocenters. The Hall–Kier alpha value is -1.94. The van der Waals surface area contributed by atoms with Crippen molar-refractivity contribution < 1.29 is 17.9 Å². The first-order chi connectivity index (χ1) is 7.62. The van der Waals surface area contributed by atoms with E-state index >= 15 is 0 Å². The SMILES string of the molecule is COc1cc(C#N)c(N[SH](=O)=O)cc1OC. The topological polar surface area (TPSA) is 88.4 Å². The van der Waals surface area contributed by atoms with Crippen molar-refractivity contribution >= 4 is 16.6 Å². The second-order valence-corrected chi connectivity index (χ2v) is 3.47. The first kappa shape index (κ1) is 12.1. The lowest BCUT2D eigenvalue weighted by atomic mass is 10.2. The molecule has 0 aliphatic carbocycles. The van der Waals surface area contributed by atoms with Crippen molar-refractivity contribution in [2.75, 3.05) is 18.9 Å². The van der Waals surface area contributed by atoms with E-state index in [2.05, 4.69) is 4.72 Å². The number of hydrogen-bond donors (Lipinski definition) is 2. The Morgan fingerprint density at radius 1 is 1.25 bits per heavy atom. The zero-order valence-electron chi connectivity index (χ0n) is 8.68. The highest BCUT2D eigenvalue weighted by Gasteiger charge is 2.10. The molecule has 0 aromatic heterocycles. The molecule has 0 saturated carbocycles. The molecule has 0 saturated heterocycles. The highest BCUT2D eigenvalue weighted by atomic mass is 32.2. The third-order valence-corrected chi connectivity index (χ3v) is 2.28. The molecule has 86 valence electrons. The molecule has 16 heavy (non-hydrogen) atoms. The number of anilines is 1. The van der Waals surface area contributed by atoms with Gasteiger partial charge in [0, 0.05) is 12.1 Å². The number of nitrogens with one attached hydrogen (secondary N) is 1. The van der Waals surface area contributed by atoms with E-state index in [0.717, 1.165) is 0 Å². The predicted molar refractivity (Wildman–Crippen MR) is 58.2 cm³/mol. The van der Waals surface area contributed by atoms with Gasteiger partial charge in [0.15, 0.2) is 11.5 Å². The van der Waals surface area contributed by atoms with Crippen LogP contribution in [0, 0.1) is 11.3 Å². The van der Waals surface area contributed by atoms with Gasteiger partial charge in [-0.2, -0.15) is 5.26 Å². The number of nitriles is 1. The van der Waals surface area contributed by atoms with Gasteiger partial charge in [-0.15, -0.1) is 0 Å². The van der Waals surface area contributed by atoms with Crippen LogP contribution >= 0.6 is 0 Å². The zero-order valence-corrected chi connectivity index (χ0v) is 9.58. The highest BCUT2D eigenvalue weighted by Crippen LogP contribution is 2.32.